The van der Waals surface area contributed by atoms with Gasteiger partial charge in [0.05, 0.1) is 26.9 Å². The lowest BCUT2D eigenvalue weighted by atomic mass is 9.88. The first-order chi connectivity index (χ1) is 18.9. The maximum absolute atomic E-state index is 12.6. The van der Waals surface area contributed by atoms with Crippen molar-refractivity contribution in [2.24, 2.45) is 17.6 Å². The van der Waals surface area contributed by atoms with Crippen molar-refractivity contribution in [3.63, 3.8) is 0 Å². The average molecular weight is 568 g/mol. The summed E-state index contributed by atoms with van der Waals surface area (Å²) in [5.74, 6) is -0.629. The van der Waals surface area contributed by atoms with Crippen LogP contribution in [-0.2, 0) is 35.0 Å². The van der Waals surface area contributed by atoms with Crippen molar-refractivity contribution in [2.75, 3.05) is 26.9 Å². The zero-order valence-electron chi connectivity index (χ0n) is 24.6. The number of nitrogens with two attached hydrogens (primary N) is 1. The minimum Gasteiger partial charge on any atom is -0.468 e. The SMILES string of the molecule is CCCCC(=O)OCC[C@@](N)(Cc1ccc(OC(=O)OCCC(C)C)c(OC(=O)OCCC(C)C)c1)C(=O)OC. The van der Waals surface area contributed by atoms with Crippen molar-refractivity contribution in [3.8, 4) is 11.5 Å². The standard InChI is InChI=1S/C29H45NO10/c1-7-8-9-25(31)36-17-14-29(30,26(32)35-6)19-22-10-11-23(39-27(33)37-15-12-20(2)3)24(18-22)40-28(34)38-16-13-21(4)5/h10-11,18,20-21H,7-9,12-17,19,30H2,1-6H3/t29-/m1/s1. The van der Waals surface area contributed by atoms with Crippen LogP contribution in [0.3, 0.4) is 0 Å². The van der Waals surface area contributed by atoms with Gasteiger partial charge >= 0.3 is 24.2 Å². The molecular weight excluding hydrogens is 522 g/mol. The number of carbonyl (C=O) groups is 4. The van der Waals surface area contributed by atoms with Gasteiger partial charge in [-0.1, -0.05) is 47.1 Å². The predicted molar refractivity (Wildman–Crippen MR) is 147 cm³/mol. The third-order valence-electron chi connectivity index (χ3n) is 5.88. The molecule has 0 unspecified atom stereocenters. The van der Waals surface area contributed by atoms with Gasteiger partial charge in [-0.25, -0.2) is 9.59 Å². The maximum atomic E-state index is 12.6. The Kier molecular flexibility index (Phi) is 15.7. The fourth-order valence-electron chi connectivity index (χ4n) is 3.39. The minimum absolute atomic E-state index is 0.00853. The summed E-state index contributed by atoms with van der Waals surface area (Å²) < 4.78 is 31.0. The van der Waals surface area contributed by atoms with Crippen molar-refractivity contribution in [1.29, 1.82) is 0 Å². The van der Waals surface area contributed by atoms with E-state index < -0.39 is 23.8 Å². The van der Waals surface area contributed by atoms with Crippen LogP contribution < -0.4 is 15.2 Å². The Hall–Kier alpha value is -3.34. The Balaban J connectivity index is 3.10. The zero-order valence-corrected chi connectivity index (χ0v) is 24.6. The van der Waals surface area contributed by atoms with E-state index in [1.54, 1.807) is 6.07 Å². The van der Waals surface area contributed by atoms with Gasteiger partial charge < -0.3 is 34.2 Å². The molecule has 0 heterocycles. The van der Waals surface area contributed by atoms with Gasteiger partial charge in [-0.05, 0) is 48.8 Å². The Morgan fingerprint density at radius 1 is 0.850 bits per heavy atom. The van der Waals surface area contributed by atoms with E-state index in [2.05, 4.69) is 0 Å². The van der Waals surface area contributed by atoms with Crippen molar-refractivity contribution in [1.82, 2.24) is 0 Å². The molecule has 1 aromatic rings. The highest BCUT2D eigenvalue weighted by Gasteiger charge is 2.36. The van der Waals surface area contributed by atoms with E-state index in [4.69, 9.17) is 34.2 Å². The molecule has 0 amide bonds. The number of hydrogen-bond donors (Lipinski definition) is 1. The quantitative estimate of drug-likeness (QED) is 0.147. The van der Waals surface area contributed by atoms with Crippen LogP contribution in [0.5, 0.6) is 11.5 Å². The molecule has 0 aliphatic heterocycles. The smallest absolute Gasteiger partial charge is 0.468 e. The van der Waals surface area contributed by atoms with E-state index in [-0.39, 0.29) is 56.6 Å². The summed E-state index contributed by atoms with van der Waals surface area (Å²) in [6.07, 6.45) is 1.12. The van der Waals surface area contributed by atoms with E-state index >= 15 is 0 Å². The maximum Gasteiger partial charge on any atom is 0.513 e. The molecule has 40 heavy (non-hydrogen) atoms. The van der Waals surface area contributed by atoms with Gasteiger partial charge in [-0.15, -0.1) is 0 Å². The topological polar surface area (TPSA) is 150 Å². The highest BCUT2D eigenvalue weighted by Crippen LogP contribution is 2.31. The number of hydrogen-bond acceptors (Lipinski definition) is 11. The van der Waals surface area contributed by atoms with Crippen LogP contribution >= 0.6 is 0 Å². The van der Waals surface area contributed by atoms with Crippen LogP contribution in [-0.4, -0.2) is 56.7 Å². The number of carbonyl (C=O) groups excluding carboxylic acids is 4. The van der Waals surface area contributed by atoms with Gasteiger partial charge in [-0.3, -0.25) is 9.59 Å². The van der Waals surface area contributed by atoms with Crippen molar-refractivity contribution >= 4 is 24.2 Å². The highest BCUT2D eigenvalue weighted by molar-refractivity contribution is 5.81. The second-order valence-corrected chi connectivity index (χ2v) is 10.4. The highest BCUT2D eigenvalue weighted by atomic mass is 16.7. The van der Waals surface area contributed by atoms with Crippen LogP contribution in [0.4, 0.5) is 9.59 Å². The largest absolute Gasteiger partial charge is 0.513 e. The van der Waals surface area contributed by atoms with E-state index in [0.29, 0.717) is 36.7 Å². The van der Waals surface area contributed by atoms with Crippen LogP contribution in [0, 0.1) is 11.8 Å². The van der Waals surface area contributed by atoms with Gasteiger partial charge in [0.25, 0.3) is 0 Å². The molecule has 0 aliphatic rings. The van der Waals surface area contributed by atoms with Crippen molar-refractivity contribution < 1.29 is 47.6 Å². The molecule has 0 aromatic heterocycles. The number of esters is 2. The number of benzene rings is 1. The Labute approximate surface area is 236 Å². The minimum atomic E-state index is -1.55. The lowest BCUT2D eigenvalue weighted by Gasteiger charge is -2.26. The lowest BCUT2D eigenvalue weighted by Crippen LogP contribution is -2.51. The average Bonchev–Trinajstić information content (AvgIpc) is 2.88. The first-order valence-electron chi connectivity index (χ1n) is 13.7. The van der Waals surface area contributed by atoms with E-state index in [1.165, 1.54) is 19.2 Å². The molecule has 2 N–H and O–H groups in total. The molecule has 0 aliphatic carbocycles. The normalized spacial score (nSPS) is 12.4. The fraction of sp³-hybridized carbons (Fsp3) is 0.655. The van der Waals surface area contributed by atoms with Crippen molar-refractivity contribution in [3.05, 3.63) is 23.8 Å². The summed E-state index contributed by atoms with van der Waals surface area (Å²) in [6.45, 7) is 10.2. The molecule has 1 atom stereocenters. The summed E-state index contributed by atoms with van der Waals surface area (Å²) in [6, 6.07) is 4.38. The molecule has 11 heteroatoms. The Morgan fingerprint density at radius 3 is 1.95 bits per heavy atom. The number of methoxy groups -OCH3 is 1. The first-order valence-corrected chi connectivity index (χ1v) is 13.7. The van der Waals surface area contributed by atoms with Gasteiger partial charge in [0, 0.05) is 19.3 Å². The third kappa shape index (κ3) is 13.6. The second kappa shape index (κ2) is 18.1. The summed E-state index contributed by atoms with van der Waals surface area (Å²) in [7, 11) is 1.21. The van der Waals surface area contributed by atoms with Crippen LogP contribution in [0.15, 0.2) is 18.2 Å². The van der Waals surface area contributed by atoms with Gasteiger partial charge in [0.1, 0.15) is 5.54 Å². The first kappa shape index (κ1) is 34.7. The summed E-state index contributed by atoms with van der Waals surface area (Å²) in [5, 5.41) is 0. The molecule has 0 spiro atoms. The van der Waals surface area contributed by atoms with Crippen molar-refractivity contribution in [2.45, 2.75) is 85.1 Å². The van der Waals surface area contributed by atoms with E-state index in [9.17, 15) is 19.2 Å². The molecule has 1 aromatic carbocycles. The van der Waals surface area contributed by atoms with Crippen LogP contribution in [0.2, 0.25) is 0 Å². The van der Waals surface area contributed by atoms with Gasteiger partial charge in [0.2, 0.25) is 0 Å². The molecular formula is C29H45NO10. The summed E-state index contributed by atoms with van der Waals surface area (Å²) in [4.78, 5) is 49.0. The number of ether oxygens (including phenoxy) is 6. The molecule has 0 saturated carbocycles. The number of rotatable bonds is 17. The monoisotopic (exact) mass is 567 g/mol. The Morgan fingerprint density at radius 2 is 1.43 bits per heavy atom. The molecule has 226 valence electrons. The fourth-order valence-corrected chi connectivity index (χ4v) is 3.39. The zero-order chi connectivity index (χ0) is 30.1. The second-order valence-electron chi connectivity index (χ2n) is 10.4. The molecule has 0 bridgehead atoms. The van der Waals surface area contributed by atoms with Gasteiger partial charge in [0.15, 0.2) is 11.5 Å². The van der Waals surface area contributed by atoms with E-state index in [0.717, 1.165) is 6.42 Å². The summed E-state index contributed by atoms with van der Waals surface area (Å²) in [5.41, 5.74) is 5.33. The molecule has 0 fully saturated rings. The van der Waals surface area contributed by atoms with Crippen LogP contribution in [0.25, 0.3) is 0 Å². The summed E-state index contributed by atoms with van der Waals surface area (Å²) >= 11 is 0. The molecule has 0 saturated heterocycles. The molecule has 0 radical (unpaired) electrons. The Bertz CT molecular complexity index is 962. The van der Waals surface area contributed by atoms with Gasteiger partial charge in [-0.2, -0.15) is 0 Å². The lowest BCUT2D eigenvalue weighted by molar-refractivity contribution is -0.151. The molecule has 11 nitrogen and oxygen atoms in total. The third-order valence-corrected chi connectivity index (χ3v) is 5.88. The van der Waals surface area contributed by atoms with Crippen LogP contribution in [0.1, 0.15) is 78.7 Å². The number of unbranched alkanes of at least 4 members (excludes halogenated alkanes) is 1. The molecule has 1 rings (SSSR count). The van der Waals surface area contributed by atoms with E-state index in [1.807, 2.05) is 34.6 Å². The predicted octanol–water partition coefficient (Wildman–Crippen LogP) is 5.35.